The van der Waals surface area contributed by atoms with E-state index in [1.807, 2.05) is 0 Å². The third kappa shape index (κ3) is 5.33. The van der Waals surface area contributed by atoms with E-state index in [4.69, 9.17) is 5.73 Å². The highest BCUT2D eigenvalue weighted by Gasteiger charge is 2.18. The number of rotatable bonds is 7. The van der Waals surface area contributed by atoms with Gasteiger partial charge in [-0.05, 0) is 49.9 Å². The van der Waals surface area contributed by atoms with Crippen molar-refractivity contribution >= 4 is 5.69 Å². The van der Waals surface area contributed by atoms with E-state index in [1.54, 1.807) is 0 Å². The number of anilines is 1. The van der Waals surface area contributed by atoms with Crippen molar-refractivity contribution in [3.05, 3.63) is 30.3 Å². The Hall–Kier alpha value is -1.06. The van der Waals surface area contributed by atoms with Gasteiger partial charge in [0.1, 0.15) is 0 Å². The first kappa shape index (κ1) is 16.3. The van der Waals surface area contributed by atoms with Crippen molar-refractivity contribution in [2.45, 2.75) is 26.7 Å². The monoisotopic (exact) mass is 289 g/mol. The fourth-order valence-corrected chi connectivity index (χ4v) is 3.23. The average molecular weight is 289 g/mol. The van der Waals surface area contributed by atoms with Crippen LogP contribution in [-0.2, 0) is 0 Å². The topological polar surface area (TPSA) is 32.5 Å². The first-order chi connectivity index (χ1) is 10.2. The lowest BCUT2D eigenvalue weighted by Crippen LogP contribution is -2.47. The Labute approximate surface area is 130 Å². The molecule has 21 heavy (non-hydrogen) atoms. The summed E-state index contributed by atoms with van der Waals surface area (Å²) in [6.45, 7) is 11.3. The standard InChI is InChI=1S/C18H31N3/c1-16(2)14-17(15-19)8-9-20-10-12-21(13-11-20)18-6-4-3-5-7-18/h3-7,16-17H,8-15,19H2,1-2H3. The second-order valence-electron chi connectivity index (χ2n) is 6.68. The van der Waals surface area contributed by atoms with Crippen molar-refractivity contribution in [3.8, 4) is 0 Å². The molecule has 1 aromatic carbocycles. The van der Waals surface area contributed by atoms with Crippen molar-refractivity contribution in [1.82, 2.24) is 4.90 Å². The van der Waals surface area contributed by atoms with Crippen molar-refractivity contribution < 1.29 is 0 Å². The number of para-hydroxylation sites is 1. The normalized spacial score (nSPS) is 18.2. The maximum atomic E-state index is 5.91. The molecule has 0 bridgehead atoms. The summed E-state index contributed by atoms with van der Waals surface area (Å²) in [6.07, 6.45) is 2.51. The Morgan fingerprint density at radius 3 is 2.29 bits per heavy atom. The minimum atomic E-state index is 0.692. The van der Waals surface area contributed by atoms with Gasteiger partial charge in [-0.15, -0.1) is 0 Å². The summed E-state index contributed by atoms with van der Waals surface area (Å²) in [4.78, 5) is 5.09. The number of hydrogen-bond donors (Lipinski definition) is 1. The van der Waals surface area contributed by atoms with Crippen molar-refractivity contribution in [2.75, 3.05) is 44.2 Å². The number of nitrogens with zero attached hydrogens (tertiary/aromatic N) is 2. The van der Waals surface area contributed by atoms with Crippen molar-refractivity contribution in [3.63, 3.8) is 0 Å². The van der Waals surface area contributed by atoms with Gasteiger partial charge in [0.05, 0.1) is 0 Å². The van der Waals surface area contributed by atoms with Crippen LogP contribution in [-0.4, -0.2) is 44.2 Å². The highest BCUT2D eigenvalue weighted by Crippen LogP contribution is 2.18. The molecule has 118 valence electrons. The van der Waals surface area contributed by atoms with E-state index in [0.717, 1.165) is 25.6 Å². The van der Waals surface area contributed by atoms with Crippen LogP contribution in [0.2, 0.25) is 0 Å². The second-order valence-corrected chi connectivity index (χ2v) is 6.68. The Morgan fingerprint density at radius 1 is 1.05 bits per heavy atom. The minimum Gasteiger partial charge on any atom is -0.369 e. The third-order valence-corrected chi connectivity index (χ3v) is 4.49. The van der Waals surface area contributed by atoms with Crippen LogP contribution in [0.15, 0.2) is 30.3 Å². The summed E-state index contributed by atoms with van der Waals surface area (Å²) in [5, 5.41) is 0. The summed E-state index contributed by atoms with van der Waals surface area (Å²) in [6, 6.07) is 10.8. The molecule has 2 N–H and O–H groups in total. The molecule has 1 aliphatic rings. The van der Waals surface area contributed by atoms with Gasteiger partial charge in [-0.3, -0.25) is 4.90 Å². The van der Waals surface area contributed by atoms with Crippen molar-refractivity contribution in [1.29, 1.82) is 0 Å². The van der Waals surface area contributed by atoms with E-state index < -0.39 is 0 Å². The fourth-order valence-electron chi connectivity index (χ4n) is 3.23. The Bertz CT molecular complexity index is 383. The van der Waals surface area contributed by atoms with Gasteiger partial charge in [0.25, 0.3) is 0 Å². The maximum absolute atomic E-state index is 5.91. The van der Waals surface area contributed by atoms with Gasteiger partial charge in [0.2, 0.25) is 0 Å². The lowest BCUT2D eigenvalue weighted by Gasteiger charge is -2.36. The van der Waals surface area contributed by atoms with Crippen LogP contribution < -0.4 is 10.6 Å². The highest BCUT2D eigenvalue weighted by molar-refractivity contribution is 5.46. The summed E-state index contributed by atoms with van der Waals surface area (Å²) in [5.41, 5.74) is 7.27. The lowest BCUT2D eigenvalue weighted by atomic mass is 9.94. The molecule has 0 amide bonds. The zero-order chi connectivity index (χ0) is 15.1. The highest BCUT2D eigenvalue weighted by atomic mass is 15.3. The van der Waals surface area contributed by atoms with Gasteiger partial charge in [-0.25, -0.2) is 0 Å². The van der Waals surface area contributed by atoms with Gasteiger partial charge in [0.15, 0.2) is 0 Å². The third-order valence-electron chi connectivity index (χ3n) is 4.49. The van der Waals surface area contributed by atoms with Crippen LogP contribution in [0.3, 0.4) is 0 Å². The SMILES string of the molecule is CC(C)CC(CN)CCN1CCN(c2ccccc2)CC1. The second kappa shape index (κ2) is 8.40. The smallest absolute Gasteiger partial charge is 0.0367 e. The quantitative estimate of drug-likeness (QED) is 0.838. The van der Waals surface area contributed by atoms with E-state index in [0.29, 0.717) is 5.92 Å². The molecule has 3 nitrogen and oxygen atoms in total. The molecule has 0 saturated carbocycles. The molecule has 1 aliphatic heterocycles. The Morgan fingerprint density at radius 2 is 1.71 bits per heavy atom. The molecule has 1 atom stereocenters. The first-order valence-corrected chi connectivity index (χ1v) is 8.41. The fraction of sp³-hybridized carbons (Fsp3) is 0.667. The van der Waals surface area contributed by atoms with Gasteiger partial charge in [0, 0.05) is 31.9 Å². The van der Waals surface area contributed by atoms with Gasteiger partial charge in [-0.1, -0.05) is 32.0 Å². The predicted octanol–water partition coefficient (Wildman–Crippen LogP) is 2.82. The molecular formula is C18H31N3. The zero-order valence-corrected chi connectivity index (χ0v) is 13.7. The summed E-state index contributed by atoms with van der Waals surface area (Å²) < 4.78 is 0. The molecule has 1 aromatic rings. The van der Waals surface area contributed by atoms with E-state index in [9.17, 15) is 0 Å². The molecule has 2 rings (SSSR count). The van der Waals surface area contributed by atoms with Crippen LogP contribution in [0.5, 0.6) is 0 Å². The molecule has 1 fully saturated rings. The Balaban J connectivity index is 1.72. The number of hydrogen-bond acceptors (Lipinski definition) is 3. The van der Waals surface area contributed by atoms with E-state index in [-0.39, 0.29) is 0 Å². The molecular weight excluding hydrogens is 258 g/mol. The van der Waals surface area contributed by atoms with E-state index in [1.165, 1.54) is 38.2 Å². The molecule has 1 heterocycles. The van der Waals surface area contributed by atoms with Crippen molar-refractivity contribution in [2.24, 2.45) is 17.6 Å². The predicted molar refractivity (Wildman–Crippen MR) is 91.7 cm³/mol. The van der Waals surface area contributed by atoms with Gasteiger partial charge < -0.3 is 10.6 Å². The minimum absolute atomic E-state index is 0.692. The Kier molecular flexibility index (Phi) is 6.52. The molecule has 3 heteroatoms. The molecule has 0 aliphatic carbocycles. The maximum Gasteiger partial charge on any atom is 0.0367 e. The molecule has 0 radical (unpaired) electrons. The van der Waals surface area contributed by atoms with E-state index in [2.05, 4.69) is 54.0 Å². The van der Waals surface area contributed by atoms with E-state index >= 15 is 0 Å². The zero-order valence-electron chi connectivity index (χ0n) is 13.7. The van der Waals surface area contributed by atoms with Crippen LogP contribution in [0.25, 0.3) is 0 Å². The van der Waals surface area contributed by atoms with Gasteiger partial charge >= 0.3 is 0 Å². The number of benzene rings is 1. The molecule has 1 saturated heterocycles. The van der Waals surface area contributed by atoms with Crippen LogP contribution in [0, 0.1) is 11.8 Å². The molecule has 0 spiro atoms. The molecule has 1 unspecified atom stereocenters. The van der Waals surface area contributed by atoms with Crippen LogP contribution in [0.1, 0.15) is 26.7 Å². The largest absolute Gasteiger partial charge is 0.369 e. The molecule has 0 aromatic heterocycles. The summed E-state index contributed by atoms with van der Waals surface area (Å²) >= 11 is 0. The number of piperazine rings is 1. The first-order valence-electron chi connectivity index (χ1n) is 8.41. The summed E-state index contributed by atoms with van der Waals surface area (Å²) in [5.74, 6) is 1.45. The average Bonchev–Trinajstić information content (AvgIpc) is 2.52. The number of nitrogens with two attached hydrogens (primary N) is 1. The van der Waals surface area contributed by atoms with Gasteiger partial charge in [-0.2, -0.15) is 0 Å². The van der Waals surface area contributed by atoms with Crippen LogP contribution in [0.4, 0.5) is 5.69 Å². The lowest BCUT2D eigenvalue weighted by molar-refractivity contribution is 0.231. The summed E-state index contributed by atoms with van der Waals surface area (Å²) in [7, 11) is 0. The van der Waals surface area contributed by atoms with Crippen LogP contribution >= 0.6 is 0 Å².